The van der Waals surface area contributed by atoms with E-state index in [1.807, 2.05) is 25.1 Å². The van der Waals surface area contributed by atoms with Crippen LogP contribution in [-0.4, -0.2) is 95.0 Å². The Kier molecular flexibility index (Phi) is 8.08. The molecule has 3 aliphatic rings. The Hall–Kier alpha value is -3.57. The van der Waals surface area contributed by atoms with E-state index in [4.69, 9.17) is 4.98 Å². The molecule has 11 heteroatoms. The van der Waals surface area contributed by atoms with Gasteiger partial charge in [0.15, 0.2) is 0 Å². The fourth-order valence-electron chi connectivity index (χ4n) is 5.88. The van der Waals surface area contributed by atoms with Crippen molar-refractivity contribution in [3.05, 3.63) is 41.9 Å². The number of amides is 2. The largest absolute Gasteiger partial charge is 0.343 e. The lowest BCUT2D eigenvalue weighted by atomic mass is 9.99. The van der Waals surface area contributed by atoms with Crippen molar-refractivity contribution in [2.45, 2.75) is 44.2 Å². The zero-order chi connectivity index (χ0) is 27.5. The van der Waals surface area contributed by atoms with Crippen LogP contribution in [0.5, 0.6) is 0 Å². The summed E-state index contributed by atoms with van der Waals surface area (Å²) in [6.45, 7) is 2.55. The number of rotatable bonds is 5. The van der Waals surface area contributed by atoms with Gasteiger partial charge in [0.2, 0.25) is 5.95 Å². The van der Waals surface area contributed by atoms with E-state index in [1.165, 1.54) is 0 Å². The van der Waals surface area contributed by atoms with Crippen molar-refractivity contribution in [3.8, 4) is 0 Å². The van der Waals surface area contributed by atoms with Gasteiger partial charge in [0, 0.05) is 63.6 Å². The highest BCUT2D eigenvalue weighted by atomic mass is 16.2. The molecule has 1 saturated carbocycles. The number of hydrogen-bond donors (Lipinski definition) is 3. The van der Waals surface area contributed by atoms with Gasteiger partial charge in [-0.1, -0.05) is 12.8 Å². The van der Waals surface area contributed by atoms with Gasteiger partial charge in [-0.3, -0.25) is 9.59 Å². The van der Waals surface area contributed by atoms with Crippen molar-refractivity contribution >= 4 is 34.6 Å². The smallest absolute Gasteiger partial charge is 0.270 e. The number of pyridine rings is 1. The zero-order valence-electron chi connectivity index (χ0n) is 23.3. The molecule has 3 fully saturated rings. The van der Waals surface area contributed by atoms with Crippen LogP contribution in [0.1, 0.15) is 59.0 Å². The van der Waals surface area contributed by atoms with Gasteiger partial charge in [-0.05, 0) is 57.5 Å². The summed E-state index contributed by atoms with van der Waals surface area (Å²) < 4.78 is 2.09. The van der Waals surface area contributed by atoms with Gasteiger partial charge in [0.1, 0.15) is 17.2 Å². The highest BCUT2D eigenvalue weighted by molar-refractivity contribution is 5.98. The minimum Gasteiger partial charge on any atom is -0.343 e. The van der Waals surface area contributed by atoms with Crippen LogP contribution < -0.4 is 16.0 Å². The van der Waals surface area contributed by atoms with Crippen LogP contribution in [0.2, 0.25) is 0 Å². The number of nitrogens with zero attached hydrogens (tertiary/aromatic N) is 6. The summed E-state index contributed by atoms with van der Waals surface area (Å²) in [5, 5.41) is 10.2. The lowest BCUT2D eigenvalue weighted by Crippen LogP contribution is -2.44. The first-order valence-electron chi connectivity index (χ1n) is 13.8. The Labute approximate surface area is 229 Å². The van der Waals surface area contributed by atoms with Crippen LogP contribution >= 0.6 is 0 Å². The first-order chi connectivity index (χ1) is 18.9. The second kappa shape index (κ2) is 11.7. The topological polar surface area (TPSA) is 120 Å². The summed E-state index contributed by atoms with van der Waals surface area (Å²) in [6, 6.07) is 6.14. The molecule has 11 nitrogen and oxygen atoms in total. The van der Waals surface area contributed by atoms with Crippen molar-refractivity contribution in [1.82, 2.24) is 40.0 Å². The van der Waals surface area contributed by atoms with Gasteiger partial charge in [0.05, 0.1) is 5.56 Å². The second-order valence-corrected chi connectivity index (χ2v) is 11.0. The first kappa shape index (κ1) is 27.0. The molecule has 0 radical (unpaired) electrons. The van der Waals surface area contributed by atoms with Crippen LogP contribution in [0.15, 0.2) is 30.6 Å². The number of carbonyl (C=O) groups excluding carboxylic acids is 2. The van der Waals surface area contributed by atoms with Crippen molar-refractivity contribution in [1.29, 1.82) is 0 Å². The molecule has 3 aromatic heterocycles. The molecule has 0 unspecified atom stereocenters. The minimum absolute atomic E-state index is 0.0256. The summed E-state index contributed by atoms with van der Waals surface area (Å²) in [5.74, 6) is 1.51. The van der Waals surface area contributed by atoms with Gasteiger partial charge < -0.3 is 30.3 Å². The number of anilines is 2. The lowest BCUT2D eigenvalue weighted by Gasteiger charge is -2.31. The molecule has 2 atom stereocenters. The molecule has 5 heterocycles. The molecule has 2 amide bonds. The Morgan fingerprint density at radius 1 is 1.08 bits per heavy atom. The minimum atomic E-state index is -0.0335. The third-order valence-electron chi connectivity index (χ3n) is 7.66. The van der Waals surface area contributed by atoms with E-state index in [0.29, 0.717) is 35.0 Å². The molecule has 2 bridgehead atoms. The maximum atomic E-state index is 13.0. The van der Waals surface area contributed by atoms with Gasteiger partial charge in [0.25, 0.3) is 11.8 Å². The summed E-state index contributed by atoms with van der Waals surface area (Å²) in [4.78, 5) is 43.1. The average Bonchev–Trinajstić information content (AvgIpc) is 3.67. The number of fused-ring (bicyclic) bond motifs is 3. The van der Waals surface area contributed by atoms with E-state index >= 15 is 0 Å². The monoisotopic (exact) mass is 533 g/mol. The number of hydrogen-bond acceptors (Lipinski definition) is 8. The van der Waals surface area contributed by atoms with Gasteiger partial charge in [-0.25, -0.2) is 9.97 Å². The van der Waals surface area contributed by atoms with E-state index in [2.05, 4.69) is 30.5 Å². The SMILES string of the molecule is CN(C)C(=O)c1cc2cnc(Nc3ccc(C(=O)N4C[C@@H]5CN[C@@H](C5)C4)cn3)nc2n1C1CCCC1.CNC. The van der Waals surface area contributed by atoms with Crippen LogP contribution in [-0.2, 0) is 0 Å². The molecule has 208 valence electrons. The molecule has 0 aromatic carbocycles. The summed E-state index contributed by atoms with van der Waals surface area (Å²) >= 11 is 0. The van der Waals surface area contributed by atoms with Crippen LogP contribution in [0.4, 0.5) is 11.8 Å². The predicted octanol–water partition coefficient (Wildman–Crippen LogP) is 2.66. The third kappa shape index (κ3) is 5.74. The molecule has 2 aliphatic heterocycles. The fourth-order valence-corrected chi connectivity index (χ4v) is 5.88. The quantitative estimate of drug-likeness (QED) is 0.458. The van der Waals surface area contributed by atoms with E-state index in [-0.39, 0.29) is 17.9 Å². The standard InChI is InChI=1S/C26H32N8O2.C2H7N/c1-32(2)25(36)21-10-18-13-29-26(31-23(18)34(21)20-5-3-4-6-20)30-22-8-7-17(12-28-22)24(35)33-14-16-9-19(15-33)27-11-16;1-3-2/h7-8,10,12-13,16,19-20,27H,3-6,9,11,14-15H2,1-2H3,(H,28,29,30,31);3H,1-2H3/t16-,19-;/m0./s1. The third-order valence-corrected chi connectivity index (χ3v) is 7.66. The Morgan fingerprint density at radius 2 is 1.85 bits per heavy atom. The molecule has 3 aromatic rings. The fraction of sp³-hybridized carbons (Fsp3) is 0.536. The summed E-state index contributed by atoms with van der Waals surface area (Å²) in [7, 11) is 7.29. The van der Waals surface area contributed by atoms with Gasteiger partial charge in [-0.2, -0.15) is 4.98 Å². The van der Waals surface area contributed by atoms with E-state index in [0.717, 1.165) is 62.8 Å². The highest BCUT2D eigenvalue weighted by Crippen LogP contribution is 2.35. The van der Waals surface area contributed by atoms with Crippen molar-refractivity contribution in [2.75, 3.05) is 53.1 Å². The zero-order valence-corrected chi connectivity index (χ0v) is 23.3. The van der Waals surface area contributed by atoms with E-state index < -0.39 is 0 Å². The Bertz CT molecular complexity index is 1300. The van der Waals surface area contributed by atoms with Crippen LogP contribution in [0, 0.1) is 5.92 Å². The maximum absolute atomic E-state index is 13.0. The predicted molar refractivity (Wildman–Crippen MR) is 151 cm³/mol. The lowest BCUT2D eigenvalue weighted by molar-refractivity contribution is 0.0691. The van der Waals surface area contributed by atoms with Crippen molar-refractivity contribution < 1.29 is 9.59 Å². The number of nitrogens with one attached hydrogen (secondary N) is 3. The van der Waals surface area contributed by atoms with Crippen molar-refractivity contribution in [2.24, 2.45) is 5.92 Å². The van der Waals surface area contributed by atoms with Crippen molar-refractivity contribution in [3.63, 3.8) is 0 Å². The van der Waals surface area contributed by atoms with Crippen LogP contribution in [0.25, 0.3) is 11.0 Å². The molecule has 0 spiro atoms. The van der Waals surface area contributed by atoms with Crippen LogP contribution in [0.3, 0.4) is 0 Å². The number of carbonyl (C=O) groups is 2. The molecule has 6 rings (SSSR count). The van der Waals surface area contributed by atoms with E-state index in [9.17, 15) is 9.59 Å². The number of aromatic nitrogens is 4. The molecule has 39 heavy (non-hydrogen) atoms. The molecular weight excluding hydrogens is 494 g/mol. The summed E-state index contributed by atoms with van der Waals surface area (Å²) in [5.41, 5.74) is 1.99. The second-order valence-electron chi connectivity index (χ2n) is 11.0. The summed E-state index contributed by atoms with van der Waals surface area (Å²) in [6.07, 6.45) is 8.90. The molecule has 2 saturated heterocycles. The first-order valence-corrected chi connectivity index (χ1v) is 13.8. The average molecular weight is 534 g/mol. The highest BCUT2D eigenvalue weighted by Gasteiger charge is 2.35. The Morgan fingerprint density at radius 3 is 2.51 bits per heavy atom. The molecule has 1 aliphatic carbocycles. The molecule has 3 N–H and O–H groups in total. The van der Waals surface area contributed by atoms with E-state index in [1.54, 1.807) is 43.5 Å². The maximum Gasteiger partial charge on any atom is 0.270 e. The Balaban J connectivity index is 0.000000983. The van der Waals surface area contributed by atoms with Gasteiger partial charge in [-0.15, -0.1) is 0 Å². The molecular formula is C28H39N9O2. The normalized spacial score (nSPS) is 20.6. The number of likely N-dealkylation sites (tertiary alicyclic amines) is 1. The van der Waals surface area contributed by atoms with Gasteiger partial charge >= 0.3 is 0 Å². The number of piperidine rings is 1.